The maximum absolute atomic E-state index is 13.3. The molecule has 19 heavy (non-hydrogen) atoms. The normalized spacial score (nSPS) is 13.6. The van der Waals surface area contributed by atoms with Crippen LogP contribution in [0.5, 0.6) is 0 Å². The Labute approximate surface area is 108 Å². The zero-order chi connectivity index (χ0) is 14.5. The van der Waals surface area contributed by atoms with Gasteiger partial charge in [0.1, 0.15) is 5.82 Å². The molecule has 0 spiro atoms. The molecule has 0 aliphatic carbocycles. The molecule has 0 aromatic heterocycles. The minimum Gasteiger partial charge on any atom is -0.387 e. The van der Waals surface area contributed by atoms with Gasteiger partial charge in [0, 0.05) is 20.2 Å². The van der Waals surface area contributed by atoms with Gasteiger partial charge in [-0.15, -0.1) is 0 Å². The highest BCUT2D eigenvalue weighted by atomic mass is 19.4. The predicted octanol–water partition coefficient (Wildman–Crippen LogP) is 2.11. The topological polar surface area (TPSA) is 41.5 Å². The molecule has 1 unspecified atom stereocenters. The lowest BCUT2D eigenvalue weighted by molar-refractivity contribution is -0.140. The molecule has 3 nitrogen and oxygen atoms in total. The Bertz CT molecular complexity index is 409. The Morgan fingerprint density at radius 3 is 2.58 bits per heavy atom. The van der Waals surface area contributed by atoms with Crippen molar-refractivity contribution in [1.82, 2.24) is 5.32 Å². The first kappa shape index (κ1) is 15.9. The van der Waals surface area contributed by atoms with Gasteiger partial charge in [0.2, 0.25) is 0 Å². The monoisotopic (exact) mass is 281 g/mol. The summed E-state index contributed by atoms with van der Waals surface area (Å²) in [5, 5.41) is 12.5. The molecule has 1 aromatic rings. The molecule has 0 fully saturated rings. The summed E-state index contributed by atoms with van der Waals surface area (Å²) in [5.41, 5.74) is -1.24. The molecular weight excluding hydrogens is 266 g/mol. The minimum atomic E-state index is -4.73. The third-order valence-corrected chi connectivity index (χ3v) is 2.50. The lowest BCUT2D eigenvalue weighted by atomic mass is 10.1. The van der Waals surface area contributed by atoms with Crippen LogP contribution in [0, 0.1) is 5.82 Å². The van der Waals surface area contributed by atoms with Crippen molar-refractivity contribution in [3.05, 3.63) is 35.1 Å². The zero-order valence-electron chi connectivity index (χ0n) is 10.3. The summed E-state index contributed by atoms with van der Waals surface area (Å²) < 4.78 is 55.1. The van der Waals surface area contributed by atoms with Crippen LogP contribution in [0.25, 0.3) is 0 Å². The van der Waals surface area contributed by atoms with Gasteiger partial charge in [0.05, 0.1) is 18.3 Å². The third kappa shape index (κ3) is 4.77. The van der Waals surface area contributed by atoms with E-state index in [0.29, 0.717) is 25.3 Å². The number of aliphatic hydroxyl groups excluding tert-OH is 1. The van der Waals surface area contributed by atoms with Crippen molar-refractivity contribution in [1.29, 1.82) is 0 Å². The average Bonchev–Trinajstić information content (AvgIpc) is 2.32. The van der Waals surface area contributed by atoms with Crippen molar-refractivity contribution in [2.24, 2.45) is 0 Å². The first-order valence-electron chi connectivity index (χ1n) is 5.60. The van der Waals surface area contributed by atoms with Crippen molar-refractivity contribution in [2.75, 3.05) is 26.8 Å². The van der Waals surface area contributed by atoms with Gasteiger partial charge in [0.25, 0.3) is 0 Å². The number of halogens is 4. The standard InChI is InChI=1S/C12H15F4NO2/c1-19-5-4-17-7-11(18)8-2-3-9(10(13)6-8)12(14,15)16/h2-3,6,11,17-18H,4-5,7H2,1H3. The Kier molecular flexibility index (Phi) is 5.71. The molecule has 2 N–H and O–H groups in total. The summed E-state index contributed by atoms with van der Waals surface area (Å²) in [5.74, 6) is -1.39. The van der Waals surface area contributed by atoms with Crippen molar-refractivity contribution in [3.8, 4) is 0 Å². The van der Waals surface area contributed by atoms with E-state index >= 15 is 0 Å². The SMILES string of the molecule is COCCNCC(O)c1ccc(C(F)(F)F)c(F)c1. The number of nitrogens with one attached hydrogen (secondary N) is 1. The van der Waals surface area contributed by atoms with Gasteiger partial charge in [-0.2, -0.15) is 13.2 Å². The Balaban J connectivity index is 2.67. The maximum atomic E-state index is 13.3. The third-order valence-electron chi connectivity index (χ3n) is 2.50. The number of methoxy groups -OCH3 is 1. The van der Waals surface area contributed by atoms with Crippen molar-refractivity contribution in [2.45, 2.75) is 12.3 Å². The molecule has 0 radical (unpaired) electrons. The van der Waals surface area contributed by atoms with Gasteiger partial charge in [-0.05, 0) is 17.7 Å². The van der Waals surface area contributed by atoms with E-state index in [1.807, 2.05) is 0 Å². The summed E-state index contributed by atoms with van der Waals surface area (Å²) >= 11 is 0. The summed E-state index contributed by atoms with van der Waals surface area (Å²) in [4.78, 5) is 0. The molecule has 1 aromatic carbocycles. The van der Waals surface area contributed by atoms with E-state index in [-0.39, 0.29) is 12.1 Å². The highest BCUT2D eigenvalue weighted by molar-refractivity contribution is 5.28. The average molecular weight is 281 g/mol. The number of benzene rings is 1. The molecule has 1 atom stereocenters. The second-order valence-electron chi connectivity index (χ2n) is 3.95. The molecule has 0 amide bonds. The second-order valence-corrected chi connectivity index (χ2v) is 3.95. The molecule has 0 bridgehead atoms. The second kappa shape index (κ2) is 6.83. The van der Waals surface area contributed by atoms with Gasteiger partial charge in [-0.1, -0.05) is 6.07 Å². The lowest BCUT2D eigenvalue weighted by Gasteiger charge is -2.14. The van der Waals surface area contributed by atoms with E-state index in [9.17, 15) is 22.7 Å². The number of hydrogen-bond donors (Lipinski definition) is 2. The number of aliphatic hydroxyl groups is 1. The van der Waals surface area contributed by atoms with Crippen LogP contribution in [0.4, 0.5) is 17.6 Å². The molecule has 108 valence electrons. The number of ether oxygens (including phenoxy) is 1. The van der Waals surface area contributed by atoms with Crippen LogP contribution >= 0.6 is 0 Å². The molecule has 0 saturated carbocycles. The largest absolute Gasteiger partial charge is 0.419 e. The highest BCUT2D eigenvalue weighted by Crippen LogP contribution is 2.32. The summed E-state index contributed by atoms with van der Waals surface area (Å²) in [6, 6.07) is 2.39. The Hall–Kier alpha value is -1.18. The van der Waals surface area contributed by atoms with Crippen LogP contribution in [-0.2, 0) is 10.9 Å². The molecular formula is C12H15F4NO2. The van der Waals surface area contributed by atoms with E-state index in [1.54, 1.807) is 0 Å². The Morgan fingerprint density at radius 2 is 2.05 bits per heavy atom. The summed E-state index contributed by atoms with van der Waals surface area (Å²) in [6.07, 6.45) is -5.81. The minimum absolute atomic E-state index is 0.0930. The highest BCUT2D eigenvalue weighted by Gasteiger charge is 2.34. The van der Waals surface area contributed by atoms with Gasteiger partial charge < -0.3 is 15.2 Å². The fraction of sp³-hybridized carbons (Fsp3) is 0.500. The van der Waals surface area contributed by atoms with Crippen LogP contribution in [-0.4, -0.2) is 31.9 Å². The van der Waals surface area contributed by atoms with E-state index in [2.05, 4.69) is 5.32 Å². The molecule has 0 aliphatic rings. The van der Waals surface area contributed by atoms with E-state index in [0.717, 1.165) is 6.07 Å². The van der Waals surface area contributed by atoms with E-state index < -0.39 is 23.7 Å². The molecule has 7 heteroatoms. The van der Waals surface area contributed by atoms with Crippen LogP contribution in [0.1, 0.15) is 17.2 Å². The molecule has 0 aliphatic heterocycles. The van der Waals surface area contributed by atoms with Crippen LogP contribution in [0.15, 0.2) is 18.2 Å². The summed E-state index contributed by atoms with van der Waals surface area (Å²) in [6.45, 7) is 1.03. The zero-order valence-corrected chi connectivity index (χ0v) is 10.3. The van der Waals surface area contributed by atoms with Gasteiger partial charge in [0.15, 0.2) is 0 Å². The van der Waals surface area contributed by atoms with Crippen molar-refractivity contribution >= 4 is 0 Å². The number of hydrogen-bond acceptors (Lipinski definition) is 3. The van der Waals surface area contributed by atoms with Crippen molar-refractivity contribution < 1.29 is 27.4 Å². The smallest absolute Gasteiger partial charge is 0.387 e. The maximum Gasteiger partial charge on any atom is 0.419 e. The molecule has 1 rings (SSSR count). The van der Waals surface area contributed by atoms with Gasteiger partial charge in [-0.25, -0.2) is 4.39 Å². The predicted molar refractivity (Wildman–Crippen MR) is 61.1 cm³/mol. The fourth-order valence-corrected chi connectivity index (χ4v) is 1.50. The van der Waals surface area contributed by atoms with Crippen molar-refractivity contribution in [3.63, 3.8) is 0 Å². The number of rotatable bonds is 6. The lowest BCUT2D eigenvalue weighted by Crippen LogP contribution is -2.25. The molecule has 0 saturated heterocycles. The Morgan fingerprint density at radius 1 is 1.37 bits per heavy atom. The van der Waals surface area contributed by atoms with Crippen LogP contribution in [0.2, 0.25) is 0 Å². The first-order valence-corrected chi connectivity index (χ1v) is 5.60. The van der Waals surface area contributed by atoms with E-state index in [1.165, 1.54) is 7.11 Å². The molecule has 0 heterocycles. The quantitative estimate of drug-likeness (QED) is 0.620. The number of alkyl halides is 3. The summed E-state index contributed by atoms with van der Waals surface area (Å²) in [7, 11) is 1.52. The van der Waals surface area contributed by atoms with Crippen LogP contribution in [0.3, 0.4) is 0 Å². The first-order chi connectivity index (χ1) is 8.86. The van der Waals surface area contributed by atoms with Gasteiger partial charge >= 0.3 is 6.18 Å². The fourth-order valence-electron chi connectivity index (χ4n) is 1.50. The van der Waals surface area contributed by atoms with Gasteiger partial charge in [-0.3, -0.25) is 0 Å². The van der Waals surface area contributed by atoms with E-state index in [4.69, 9.17) is 4.74 Å². The van der Waals surface area contributed by atoms with Crippen LogP contribution < -0.4 is 5.32 Å².